The van der Waals surface area contributed by atoms with E-state index in [1.807, 2.05) is 12.1 Å². The maximum absolute atomic E-state index is 14.0. The lowest BCUT2D eigenvalue weighted by Crippen LogP contribution is -2.17. The Morgan fingerprint density at radius 1 is 1.03 bits per heavy atom. The fourth-order valence-corrected chi connectivity index (χ4v) is 2.92. The summed E-state index contributed by atoms with van der Waals surface area (Å²) in [6.45, 7) is 0.179. The van der Waals surface area contributed by atoms with Crippen molar-refractivity contribution in [2.24, 2.45) is 5.73 Å². The number of amides is 2. The number of carbonyl (C=O) groups excluding carboxylic acids is 2. The summed E-state index contributed by atoms with van der Waals surface area (Å²) in [4.78, 5) is 23.8. The second kappa shape index (κ2) is 9.44. The molecule has 0 radical (unpaired) electrons. The standard InChI is InChI=1S/C22H17ClF2N2O4/c1-30-20-8-12(6-7-19(20)31-11-13-4-2-3-5-15(13)23)22(29)27-18-9-14(21(26)28)16(24)10-17(18)25/h2-10H,11H2,1H3,(H2,26,28)(H,27,29). The molecule has 0 atom stereocenters. The van der Waals surface area contributed by atoms with Crippen LogP contribution in [0.25, 0.3) is 0 Å². The number of nitrogens with two attached hydrogens (primary N) is 1. The van der Waals surface area contributed by atoms with Gasteiger partial charge in [0.05, 0.1) is 18.4 Å². The highest BCUT2D eigenvalue weighted by Crippen LogP contribution is 2.30. The summed E-state index contributed by atoms with van der Waals surface area (Å²) in [6, 6.07) is 12.8. The van der Waals surface area contributed by atoms with Gasteiger partial charge in [0.25, 0.3) is 11.8 Å². The van der Waals surface area contributed by atoms with E-state index in [1.165, 1.54) is 25.3 Å². The first-order valence-corrected chi connectivity index (χ1v) is 9.32. The lowest BCUT2D eigenvalue weighted by molar-refractivity contribution is 0.0992. The van der Waals surface area contributed by atoms with Gasteiger partial charge in [0.2, 0.25) is 0 Å². The molecule has 0 fully saturated rings. The highest BCUT2D eigenvalue weighted by molar-refractivity contribution is 6.31. The number of carbonyl (C=O) groups is 2. The number of hydrogen-bond donors (Lipinski definition) is 2. The van der Waals surface area contributed by atoms with Crippen LogP contribution in [0.2, 0.25) is 5.02 Å². The van der Waals surface area contributed by atoms with Crippen LogP contribution in [-0.4, -0.2) is 18.9 Å². The monoisotopic (exact) mass is 446 g/mol. The molecule has 3 rings (SSSR count). The molecule has 0 aliphatic heterocycles. The van der Waals surface area contributed by atoms with Crippen molar-refractivity contribution in [1.82, 2.24) is 0 Å². The van der Waals surface area contributed by atoms with Crippen molar-refractivity contribution in [2.75, 3.05) is 12.4 Å². The van der Waals surface area contributed by atoms with Gasteiger partial charge < -0.3 is 20.5 Å². The molecule has 0 heterocycles. The molecule has 2 amide bonds. The van der Waals surface area contributed by atoms with Gasteiger partial charge in [-0.15, -0.1) is 0 Å². The zero-order chi connectivity index (χ0) is 22.5. The number of methoxy groups -OCH3 is 1. The molecule has 0 aromatic heterocycles. The molecule has 0 spiro atoms. The molecule has 9 heteroatoms. The van der Waals surface area contributed by atoms with Crippen molar-refractivity contribution < 1.29 is 27.8 Å². The first kappa shape index (κ1) is 22.0. The molecular weight excluding hydrogens is 430 g/mol. The van der Waals surface area contributed by atoms with Crippen molar-refractivity contribution in [2.45, 2.75) is 6.61 Å². The Balaban J connectivity index is 1.79. The van der Waals surface area contributed by atoms with Gasteiger partial charge in [0, 0.05) is 22.2 Å². The van der Waals surface area contributed by atoms with E-state index < -0.39 is 34.7 Å². The third-order valence-corrected chi connectivity index (χ3v) is 4.71. The Labute approximate surface area is 181 Å². The second-order valence-electron chi connectivity index (χ2n) is 6.38. The van der Waals surface area contributed by atoms with E-state index in [-0.39, 0.29) is 17.9 Å². The van der Waals surface area contributed by atoms with Crippen LogP contribution in [0, 0.1) is 11.6 Å². The molecule has 0 bridgehead atoms. The quantitative estimate of drug-likeness (QED) is 0.556. The average molecular weight is 447 g/mol. The predicted octanol–water partition coefficient (Wildman–Crippen LogP) is 4.56. The van der Waals surface area contributed by atoms with Crippen LogP contribution in [-0.2, 0) is 6.61 Å². The number of rotatable bonds is 7. The molecule has 3 aromatic rings. The summed E-state index contributed by atoms with van der Waals surface area (Å²) in [5.74, 6) is -3.35. The molecule has 31 heavy (non-hydrogen) atoms. The van der Waals surface area contributed by atoms with Crippen LogP contribution in [0.4, 0.5) is 14.5 Å². The summed E-state index contributed by atoms with van der Waals surface area (Å²) in [5, 5.41) is 2.83. The maximum Gasteiger partial charge on any atom is 0.255 e. The summed E-state index contributed by atoms with van der Waals surface area (Å²) in [7, 11) is 1.40. The summed E-state index contributed by atoms with van der Waals surface area (Å²) >= 11 is 6.11. The maximum atomic E-state index is 14.0. The summed E-state index contributed by atoms with van der Waals surface area (Å²) < 4.78 is 38.6. The van der Waals surface area contributed by atoms with Crippen molar-refractivity contribution in [1.29, 1.82) is 0 Å². The highest BCUT2D eigenvalue weighted by atomic mass is 35.5. The molecule has 160 valence electrons. The number of halogens is 3. The van der Waals surface area contributed by atoms with Crippen LogP contribution in [0.1, 0.15) is 26.3 Å². The third kappa shape index (κ3) is 5.10. The number of nitrogens with one attached hydrogen (secondary N) is 1. The number of hydrogen-bond acceptors (Lipinski definition) is 4. The third-order valence-electron chi connectivity index (χ3n) is 4.34. The lowest BCUT2D eigenvalue weighted by atomic mass is 10.1. The summed E-state index contributed by atoms with van der Waals surface area (Å²) in [6.07, 6.45) is 0. The van der Waals surface area contributed by atoms with Gasteiger partial charge in [-0.2, -0.15) is 0 Å². The number of benzene rings is 3. The van der Waals surface area contributed by atoms with E-state index in [4.69, 9.17) is 26.8 Å². The molecule has 3 aromatic carbocycles. The van der Waals surface area contributed by atoms with Crippen molar-refractivity contribution >= 4 is 29.1 Å². The molecule has 0 saturated heterocycles. The van der Waals surface area contributed by atoms with Crippen LogP contribution in [0.5, 0.6) is 11.5 Å². The number of ether oxygens (including phenoxy) is 2. The number of primary amides is 1. The summed E-state index contributed by atoms with van der Waals surface area (Å²) in [5.41, 5.74) is 5.01. The van der Waals surface area contributed by atoms with Crippen LogP contribution in [0.3, 0.4) is 0 Å². The first-order valence-electron chi connectivity index (χ1n) is 8.94. The molecule has 0 saturated carbocycles. The number of anilines is 1. The Morgan fingerprint density at radius 2 is 1.77 bits per heavy atom. The fraction of sp³-hybridized carbons (Fsp3) is 0.0909. The lowest BCUT2D eigenvalue weighted by Gasteiger charge is -2.13. The highest BCUT2D eigenvalue weighted by Gasteiger charge is 2.17. The zero-order valence-electron chi connectivity index (χ0n) is 16.2. The second-order valence-corrected chi connectivity index (χ2v) is 6.78. The molecule has 0 aliphatic carbocycles. The van der Waals surface area contributed by atoms with E-state index >= 15 is 0 Å². The van der Waals surface area contributed by atoms with E-state index in [2.05, 4.69) is 5.32 Å². The Bertz CT molecular complexity index is 1150. The normalized spacial score (nSPS) is 10.5. The minimum atomic E-state index is -1.12. The van der Waals surface area contributed by atoms with Crippen LogP contribution >= 0.6 is 11.6 Å². The van der Waals surface area contributed by atoms with Crippen molar-refractivity contribution in [3.05, 3.63) is 87.9 Å². The SMILES string of the molecule is COc1cc(C(=O)Nc2cc(C(N)=O)c(F)cc2F)ccc1OCc1ccccc1Cl. The topological polar surface area (TPSA) is 90.6 Å². The van der Waals surface area contributed by atoms with Gasteiger partial charge in [-0.05, 0) is 30.3 Å². The minimum absolute atomic E-state index is 0.117. The Hall–Kier alpha value is -3.65. The first-order chi connectivity index (χ1) is 14.8. The minimum Gasteiger partial charge on any atom is -0.493 e. The van der Waals surface area contributed by atoms with Gasteiger partial charge in [-0.1, -0.05) is 29.8 Å². The van der Waals surface area contributed by atoms with E-state index in [9.17, 15) is 18.4 Å². The van der Waals surface area contributed by atoms with Crippen molar-refractivity contribution in [3.8, 4) is 11.5 Å². The van der Waals surface area contributed by atoms with Gasteiger partial charge in [0.15, 0.2) is 11.5 Å². The molecule has 6 nitrogen and oxygen atoms in total. The van der Waals surface area contributed by atoms with Gasteiger partial charge in [0.1, 0.15) is 18.2 Å². The average Bonchev–Trinajstić information content (AvgIpc) is 2.74. The van der Waals surface area contributed by atoms with Crippen molar-refractivity contribution in [3.63, 3.8) is 0 Å². The molecular formula is C22H17ClF2N2O4. The fourth-order valence-electron chi connectivity index (χ4n) is 2.73. The van der Waals surface area contributed by atoms with Crippen LogP contribution < -0.4 is 20.5 Å². The Morgan fingerprint density at radius 3 is 2.45 bits per heavy atom. The largest absolute Gasteiger partial charge is 0.493 e. The van der Waals surface area contributed by atoms with Gasteiger partial charge >= 0.3 is 0 Å². The smallest absolute Gasteiger partial charge is 0.255 e. The zero-order valence-corrected chi connectivity index (χ0v) is 17.0. The van der Waals surface area contributed by atoms with Gasteiger partial charge in [-0.25, -0.2) is 8.78 Å². The van der Waals surface area contributed by atoms with E-state index in [0.717, 1.165) is 11.6 Å². The van der Waals surface area contributed by atoms with E-state index in [1.54, 1.807) is 12.1 Å². The van der Waals surface area contributed by atoms with Crippen LogP contribution in [0.15, 0.2) is 54.6 Å². The molecule has 3 N–H and O–H groups in total. The predicted molar refractivity (Wildman–Crippen MR) is 112 cm³/mol. The molecule has 0 aliphatic rings. The van der Waals surface area contributed by atoms with E-state index in [0.29, 0.717) is 16.8 Å². The Kier molecular flexibility index (Phi) is 6.71. The van der Waals surface area contributed by atoms with Gasteiger partial charge in [-0.3, -0.25) is 9.59 Å². The molecule has 0 unspecified atom stereocenters.